The van der Waals surface area contributed by atoms with E-state index in [9.17, 15) is 5.11 Å². The van der Waals surface area contributed by atoms with E-state index in [4.69, 9.17) is 12.2 Å². The normalized spacial score (nSPS) is 17.9. The molecule has 1 saturated heterocycles. The number of phenolic OH excluding ortho intramolecular Hbond substituents is 1. The van der Waals surface area contributed by atoms with E-state index in [0.717, 1.165) is 28.3 Å². The van der Waals surface area contributed by atoms with Crippen molar-refractivity contribution in [3.8, 4) is 11.4 Å². The molecule has 2 atom stereocenters. The van der Waals surface area contributed by atoms with Crippen molar-refractivity contribution in [2.75, 3.05) is 0 Å². The van der Waals surface area contributed by atoms with Crippen LogP contribution in [0.3, 0.4) is 0 Å². The average Bonchev–Trinajstić information content (AvgIpc) is 3.31. The molecule has 5 rings (SSSR count). The Bertz CT molecular complexity index is 1270. The van der Waals surface area contributed by atoms with Gasteiger partial charge in [0.05, 0.1) is 17.8 Å². The van der Waals surface area contributed by atoms with E-state index in [1.54, 1.807) is 12.1 Å². The third-order valence-electron chi connectivity index (χ3n) is 6.20. The number of hydrogen-bond acceptors (Lipinski definition) is 4. The van der Waals surface area contributed by atoms with E-state index in [0.29, 0.717) is 11.7 Å². The van der Waals surface area contributed by atoms with Crippen molar-refractivity contribution < 1.29 is 5.11 Å². The molecule has 2 unspecified atom stereocenters. The molecule has 1 aliphatic heterocycles. The van der Waals surface area contributed by atoms with E-state index in [2.05, 4.69) is 44.7 Å². The van der Waals surface area contributed by atoms with Crippen molar-refractivity contribution in [1.29, 1.82) is 0 Å². The molecule has 33 heavy (non-hydrogen) atoms. The van der Waals surface area contributed by atoms with Gasteiger partial charge in [0.15, 0.2) is 5.11 Å². The third-order valence-corrected chi connectivity index (χ3v) is 6.55. The number of rotatable bonds is 5. The fraction of sp³-hybridized carbons (Fsp3) is 0.192. The van der Waals surface area contributed by atoms with Crippen LogP contribution in [0.5, 0.6) is 5.75 Å². The highest BCUT2D eigenvalue weighted by atomic mass is 32.1. The van der Waals surface area contributed by atoms with Gasteiger partial charge in [0.2, 0.25) is 0 Å². The molecule has 1 aliphatic rings. The van der Waals surface area contributed by atoms with Gasteiger partial charge in [-0.05, 0) is 91.8 Å². The van der Waals surface area contributed by atoms with Gasteiger partial charge in [-0.25, -0.2) is 0 Å². The van der Waals surface area contributed by atoms with Gasteiger partial charge in [-0.15, -0.1) is 0 Å². The standard InChI is InChI=1S/C26H25N5OS/c1-17-15-22(18(2)31(17)20-6-8-21(32)9-7-20)25-24(23-5-3-4-12-28-23)29-26(33)30(25)16-19-10-13-27-14-11-19/h3-15,24-25,32H,16H2,1-2H3,(H,29,33). The summed E-state index contributed by atoms with van der Waals surface area (Å²) < 4.78 is 2.22. The van der Waals surface area contributed by atoms with Crippen molar-refractivity contribution in [1.82, 2.24) is 24.8 Å². The van der Waals surface area contributed by atoms with Crippen LogP contribution in [0.4, 0.5) is 0 Å². The molecule has 166 valence electrons. The SMILES string of the molecule is Cc1cc(C2C(c3ccccn3)NC(=S)N2Cc2ccncc2)c(C)n1-c1ccc(O)cc1. The first kappa shape index (κ1) is 21.2. The van der Waals surface area contributed by atoms with E-state index < -0.39 is 0 Å². The molecule has 4 heterocycles. The maximum atomic E-state index is 9.73. The molecule has 7 heteroatoms. The number of aryl methyl sites for hydroxylation is 1. The second-order valence-corrected chi connectivity index (χ2v) is 8.67. The van der Waals surface area contributed by atoms with Gasteiger partial charge in [0, 0.05) is 42.2 Å². The van der Waals surface area contributed by atoms with Crippen molar-refractivity contribution in [3.05, 3.63) is 107 Å². The van der Waals surface area contributed by atoms with Gasteiger partial charge in [0.1, 0.15) is 5.75 Å². The topological polar surface area (TPSA) is 66.2 Å². The molecular formula is C26H25N5OS. The molecule has 6 nitrogen and oxygen atoms in total. The fourth-order valence-corrected chi connectivity index (χ4v) is 4.99. The maximum Gasteiger partial charge on any atom is 0.170 e. The lowest BCUT2D eigenvalue weighted by molar-refractivity contribution is 0.310. The Hall–Kier alpha value is -3.71. The summed E-state index contributed by atoms with van der Waals surface area (Å²) in [6, 6.07) is 19.4. The lowest BCUT2D eigenvalue weighted by Gasteiger charge is -2.28. The van der Waals surface area contributed by atoms with Gasteiger partial charge in [-0.2, -0.15) is 0 Å². The molecule has 0 amide bonds. The van der Waals surface area contributed by atoms with Crippen LogP contribution >= 0.6 is 12.2 Å². The van der Waals surface area contributed by atoms with Crippen LogP contribution in [0.15, 0.2) is 79.3 Å². The highest BCUT2D eigenvalue weighted by molar-refractivity contribution is 7.80. The summed E-state index contributed by atoms with van der Waals surface area (Å²) in [5, 5.41) is 14.0. The summed E-state index contributed by atoms with van der Waals surface area (Å²) in [4.78, 5) is 11.0. The van der Waals surface area contributed by atoms with E-state index in [1.165, 1.54) is 5.56 Å². The summed E-state index contributed by atoms with van der Waals surface area (Å²) in [6.45, 7) is 4.91. The maximum absolute atomic E-state index is 9.73. The first-order valence-electron chi connectivity index (χ1n) is 10.9. The summed E-state index contributed by atoms with van der Waals surface area (Å²) in [5.41, 5.74) is 6.56. The summed E-state index contributed by atoms with van der Waals surface area (Å²) in [5.74, 6) is 0.255. The molecule has 0 radical (unpaired) electrons. The lowest BCUT2D eigenvalue weighted by atomic mass is 9.96. The Labute approximate surface area is 198 Å². The summed E-state index contributed by atoms with van der Waals surface area (Å²) in [6.07, 6.45) is 5.44. The predicted molar refractivity (Wildman–Crippen MR) is 132 cm³/mol. The zero-order valence-corrected chi connectivity index (χ0v) is 19.3. The monoisotopic (exact) mass is 455 g/mol. The minimum absolute atomic E-state index is 0.0300. The molecular weight excluding hydrogens is 430 g/mol. The second kappa shape index (κ2) is 8.67. The number of nitrogens with one attached hydrogen (secondary N) is 1. The number of benzene rings is 1. The van der Waals surface area contributed by atoms with E-state index in [-0.39, 0.29) is 17.8 Å². The van der Waals surface area contributed by atoms with E-state index in [1.807, 2.05) is 61.1 Å². The van der Waals surface area contributed by atoms with Crippen molar-refractivity contribution in [2.45, 2.75) is 32.5 Å². The van der Waals surface area contributed by atoms with Crippen LogP contribution in [0.1, 0.15) is 40.3 Å². The molecule has 0 aliphatic carbocycles. The van der Waals surface area contributed by atoms with Crippen molar-refractivity contribution >= 4 is 17.3 Å². The number of nitrogens with zero attached hydrogens (tertiary/aromatic N) is 4. The third kappa shape index (κ3) is 3.96. The lowest BCUT2D eigenvalue weighted by Crippen LogP contribution is -2.29. The minimum Gasteiger partial charge on any atom is -0.508 e. The summed E-state index contributed by atoms with van der Waals surface area (Å²) >= 11 is 5.82. The number of thiocarbonyl (C=S) groups is 1. The molecule has 0 spiro atoms. The highest BCUT2D eigenvalue weighted by Gasteiger charge is 2.41. The number of hydrogen-bond donors (Lipinski definition) is 2. The van der Waals surface area contributed by atoms with Crippen molar-refractivity contribution in [3.63, 3.8) is 0 Å². The molecule has 3 aromatic heterocycles. The van der Waals surface area contributed by atoms with Gasteiger partial charge >= 0.3 is 0 Å². The quantitative estimate of drug-likeness (QED) is 0.423. The Kier molecular flexibility index (Phi) is 5.56. The van der Waals surface area contributed by atoms with Crippen LogP contribution in [0.2, 0.25) is 0 Å². The van der Waals surface area contributed by atoms with Crippen LogP contribution in [-0.4, -0.2) is 29.7 Å². The first-order chi connectivity index (χ1) is 16.0. The first-order valence-corrected chi connectivity index (χ1v) is 11.3. The van der Waals surface area contributed by atoms with Gasteiger partial charge in [-0.3, -0.25) is 9.97 Å². The zero-order valence-electron chi connectivity index (χ0n) is 18.5. The Morgan fingerprint density at radius 1 is 1.00 bits per heavy atom. The Morgan fingerprint density at radius 2 is 1.76 bits per heavy atom. The molecule has 1 fully saturated rings. The number of aromatic nitrogens is 3. The number of aromatic hydroxyl groups is 1. The second-order valence-electron chi connectivity index (χ2n) is 8.29. The van der Waals surface area contributed by atoms with Gasteiger partial charge in [0.25, 0.3) is 0 Å². The minimum atomic E-state index is -0.0747. The van der Waals surface area contributed by atoms with Crippen LogP contribution in [-0.2, 0) is 6.54 Å². The van der Waals surface area contributed by atoms with Crippen LogP contribution in [0, 0.1) is 13.8 Å². The molecule has 0 bridgehead atoms. The van der Waals surface area contributed by atoms with Crippen LogP contribution in [0.25, 0.3) is 5.69 Å². The smallest absolute Gasteiger partial charge is 0.170 e. The summed E-state index contributed by atoms with van der Waals surface area (Å²) in [7, 11) is 0. The average molecular weight is 456 g/mol. The van der Waals surface area contributed by atoms with Gasteiger partial charge in [-0.1, -0.05) is 6.07 Å². The van der Waals surface area contributed by atoms with Gasteiger partial charge < -0.3 is 19.9 Å². The largest absolute Gasteiger partial charge is 0.508 e. The zero-order chi connectivity index (χ0) is 22.9. The Balaban J connectivity index is 1.61. The Morgan fingerprint density at radius 3 is 2.45 bits per heavy atom. The molecule has 1 aromatic carbocycles. The number of phenols is 1. The predicted octanol–water partition coefficient (Wildman–Crippen LogP) is 4.76. The molecule has 0 saturated carbocycles. The van der Waals surface area contributed by atoms with E-state index >= 15 is 0 Å². The molecule has 4 aromatic rings. The van der Waals surface area contributed by atoms with Crippen molar-refractivity contribution in [2.24, 2.45) is 0 Å². The van der Waals surface area contributed by atoms with Crippen LogP contribution < -0.4 is 5.32 Å². The molecule has 2 N–H and O–H groups in total. The highest BCUT2D eigenvalue weighted by Crippen LogP contribution is 2.42. The fourth-order valence-electron chi connectivity index (χ4n) is 4.69. The number of pyridine rings is 2.